The monoisotopic (exact) mass is 328 g/mol. The second-order valence-corrected chi connectivity index (χ2v) is 6.47. The molecule has 1 aliphatic carbocycles. The van der Waals surface area contributed by atoms with Gasteiger partial charge in [-0.25, -0.2) is 0 Å². The lowest BCUT2D eigenvalue weighted by atomic mass is 9.87. The largest absolute Gasteiger partial charge is 0.497 e. The van der Waals surface area contributed by atoms with Gasteiger partial charge in [-0.15, -0.1) is 0 Å². The van der Waals surface area contributed by atoms with Gasteiger partial charge >= 0.3 is 0 Å². The summed E-state index contributed by atoms with van der Waals surface area (Å²) in [5.74, 6) is 0.789. The van der Waals surface area contributed by atoms with E-state index in [0.29, 0.717) is 0 Å². The van der Waals surface area contributed by atoms with Crippen molar-refractivity contribution in [2.45, 2.75) is 12.5 Å². The van der Waals surface area contributed by atoms with Gasteiger partial charge in [-0.2, -0.15) is 0 Å². The molecular formula is C23H20O2. The Morgan fingerprint density at radius 1 is 0.800 bits per heavy atom. The van der Waals surface area contributed by atoms with E-state index in [1.54, 1.807) is 7.11 Å². The molecule has 1 aliphatic rings. The predicted octanol–water partition coefficient (Wildman–Crippen LogP) is 4.88. The van der Waals surface area contributed by atoms with Gasteiger partial charge in [-0.1, -0.05) is 66.7 Å². The van der Waals surface area contributed by atoms with Gasteiger partial charge in [0.1, 0.15) is 11.4 Å². The molecule has 0 aromatic heterocycles. The van der Waals surface area contributed by atoms with Crippen molar-refractivity contribution in [3.05, 3.63) is 101 Å². The minimum atomic E-state index is -1.06. The molecule has 1 unspecified atom stereocenters. The lowest BCUT2D eigenvalue weighted by molar-refractivity contribution is 0.125. The normalized spacial score (nSPS) is 19.0. The Balaban J connectivity index is 2.07. The molecule has 0 radical (unpaired) electrons. The van der Waals surface area contributed by atoms with Crippen molar-refractivity contribution in [3.8, 4) is 5.75 Å². The standard InChI is InChI=1S/C23H20O2/c1-23(24)20-14-13-18(25-2)15-19(20)21(16-9-5-3-6-10-16)22(23)17-11-7-4-8-12-17/h3-15,24H,1-2H3. The van der Waals surface area contributed by atoms with E-state index in [9.17, 15) is 5.11 Å². The number of fused-ring (bicyclic) bond motifs is 1. The second-order valence-electron chi connectivity index (χ2n) is 6.47. The van der Waals surface area contributed by atoms with Crippen LogP contribution in [0, 0.1) is 0 Å². The Labute approximate surface area is 148 Å². The SMILES string of the molecule is COc1ccc2c(c1)C(c1ccccc1)=C(c1ccccc1)C2(C)O. The first-order valence-electron chi connectivity index (χ1n) is 8.40. The molecule has 0 amide bonds. The van der Waals surface area contributed by atoms with E-state index in [0.717, 1.165) is 39.1 Å². The Hall–Kier alpha value is -2.84. The summed E-state index contributed by atoms with van der Waals surface area (Å²) in [6.07, 6.45) is 0. The maximum atomic E-state index is 11.5. The number of methoxy groups -OCH3 is 1. The molecule has 0 fully saturated rings. The molecule has 124 valence electrons. The molecule has 1 atom stereocenters. The molecule has 3 aromatic rings. The van der Waals surface area contributed by atoms with Gasteiger partial charge in [-0.05, 0) is 46.9 Å². The third-order valence-corrected chi connectivity index (χ3v) is 4.88. The highest BCUT2D eigenvalue weighted by Gasteiger charge is 2.41. The zero-order valence-corrected chi connectivity index (χ0v) is 14.4. The zero-order chi connectivity index (χ0) is 17.4. The minimum absolute atomic E-state index is 0.789. The highest BCUT2D eigenvalue weighted by Crippen LogP contribution is 2.52. The summed E-state index contributed by atoms with van der Waals surface area (Å²) in [7, 11) is 1.67. The fourth-order valence-corrected chi connectivity index (χ4v) is 3.73. The first-order chi connectivity index (χ1) is 12.1. The molecule has 2 heteroatoms. The van der Waals surface area contributed by atoms with E-state index in [1.807, 2.05) is 61.5 Å². The van der Waals surface area contributed by atoms with E-state index < -0.39 is 5.60 Å². The Morgan fingerprint density at radius 2 is 1.40 bits per heavy atom. The average molecular weight is 328 g/mol. The summed E-state index contributed by atoms with van der Waals surface area (Å²) in [6.45, 7) is 1.87. The molecule has 1 N–H and O–H groups in total. The van der Waals surface area contributed by atoms with Gasteiger partial charge in [0.05, 0.1) is 7.11 Å². The molecule has 2 nitrogen and oxygen atoms in total. The van der Waals surface area contributed by atoms with Crippen LogP contribution in [0.25, 0.3) is 11.1 Å². The fourth-order valence-electron chi connectivity index (χ4n) is 3.73. The first-order valence-corrected chi connectivity index (χ1v) is 8.40. The Kier molecular flexibility index (Phi) is 3.70. The van der Waals surface area contributed by atoms with Gasteiger partial charge in [0.25, 0.3) is 0 Å². The zero-order valence-electron chi connectivity index (χ0n) is 14.4. The summed E-state index contributed by atoms with van der Waals surface area (Å²) in [5.41, 5.74) is 4.98. The van der Waals surface area contributed by atoms with Crippen molar-refractivity contribution in [2.24, 2.45) is 0 Å². The second kappa shape index (κ2) is 5.91. The molecule has 0 bridgehead atoms. The van der Waals surface area contributed by atoms with Crippen molar-refractivity contribution in [1.82, 2.24) is 0 Å². The molecule has 0 saturated carbocycles. The predicted molar refractivity (Wildman–Crippen MR) is 101 cm³/mol. The summed E-state index contributed by atoms with van der Waals surface area (Å²) in [6, 6.07) is 26.2. The highest BCUT2D eigenvalue weighted by atomic mass is 16.5. The van der Waals surface area contributed by atoms with E-state index >= 15 is 0 Å². The van der Waals surface area contributed by atoms with E-state index in [-0.39, 0.29) is 0 Å². The maximum absolute atomic E-state index is 11.5. The van der Waals surface area contributed by atoms with Crippen molar-refractivity contribution < 1.29 is 9.84 Å². The molecule has 0 aliphatic heterocycles. The van der Waals surface area contributed by atoms with Crippen molar-refractivity contribution in [1.29, 1.82) is 0 Å². The van der Waals surface area contributed by atoms with Crippen molar-refractivity contribution in [3.63, 3.8) is 0 Å². The number of hydrogen-bond donors (Lipinski definition) is 1. The summed E-state index contributed by atoms with van der Waals surface area (Å²) in [5, 5.41) is 11.5. The van der Waals surface area contributed by atoms with Crippen LogP contribution in [0.1, 0.15) is 29.2 Å². The number of aliphatic hydroxyl groups is 1. The summed E-state index contributed by atoms with van der Waals surface area (Å²) < 4.78 is 5.43. The summed E-state index contributed by atoms with van der Waals surface area (Å²) >= 11 is 0. The van der Waals surface area contributed by atoms with Gasteiger partial charge < -0.3 is 9.84 Å². The van der Waals surface area contributed by atoms with Crippen molar-refractivity contribution >= 4 is 11.1 Å². The van der Waals surface area contributed by atoms with Gasteiger partial charge in [0, 0.05) is 5.57 Å². The third-order valence-electron chi connectivity index (χ3n) is 4.88. The molecule has 0 heterocycles. The minimum Gasteiger partial charge on any atom is -0.497 e. The van der Waals surface area contributed by atoms with Crippen LogP contribution in [0.2, 0.25) is 0 Å². The molecule has 3 aromatic carbocycles. The highest BCUT2D eigenvalue weighted by molar-refractivity contribution is 6.06. The van der Waals surface area contributed by atoms with Crippen LogP contribution in [0.15, 0.2) is 78.9 Å². The smallest absolute Gasteiger partial charge is 0.119 e. The number of ether oxygens (including phenoxy) is 1. The van der Waals surface area contributed by atoms with Crippen LogP contribution in [0.3, 0.4) is 0 Å². The molecule has 0 spiro atoms. The first kappa shape index (κ1) is 15.7. The van der Waals surface area contributed by atoms with Gasteiger partial charge in [-0.3, -0.25) is 0 Å². The summed E-state index contributed by atoms with van der Waals surface area (Å²) in [4.78, 5) is 0. The maximum Gasteiger partial charge on any atom is 0.119 e. The topological polar surface area (TPSA) is 29.5 Å². The molecule has 25 heavy (non-hydrogen) atoms. The number of rotatable bonds is 3. The number of hydrogen-bond acceptors (Lipinski definition) is 2. The Bertz CT molecular complexity index is 938. The van der Waals surface area contributed by atoms with E-state index in [4.69, 9.17) is 4.74 Å². The lowest BCUT2D eigenvalue weighted by Crippen LogP contribution is -2.20. The molecule has 0 saturated heterocycles. The van der Waals surface area contributed by atoms with Crippen LogP contribution >= 0.6 is 0 Å². The van der Waals surface area contributed by atoms with E-state index in [1.165, 1.54) is 0 Å². The quantitative estimate of drug-likeness (QED) is 0.743. The van der Waals surface area contributed by atoms with E-state index in [2.05, 4.69) is 24.3 Å². The average Bonchev–Trinajstić information content (AvgIpc) is 2.90. The third kappa shape index (κ3) is 2.46. The van der Waals surface area contributed by atoms with Crippen LogP contribution in [-0.2, 0) is 5.60 Å². The molecule has 4 rings (SSSR count). The molecular weight excluding hydrogens is 308 g/mol. The Morgan fingerprint density at radius 3 is 2.00 bits per heavy atom. The number of benzene rings is 3. The lowest BCUT2D eigenvalue weighted by Gasteiger charge is -2.24. The van der Waals surface area contributed by atoms with Gasteiger partial charge in [0.2, 0.25) is 0 Å². The fraction of sp³-hybridized carbons (Fsp3) is 0.130. The van der Waals surface area contributed by atoms with Crippen LogP contribution in [0.5, 0.6) is 5.75 Å². The van der Waals surface area contributed by atoms with Crippen LogP contribution in [-0.4, -0.2) is 12.2 Å². The van der Waals surface area contributed by atoms with Gasteiger partial charge in [0.15, 0.2) is 0 Å². The van der Waals surface area contributed by atoms with Crippen LogP contribution in [0.4, 0.5) is 0 Å². The van der Waals surface area contributed by atoms with Crippen LogP contribution < -0.4 is 4.74 Å². The van der Waals surface area contributed by atoms with Crippen molar-refractivity contribution in [2.75, 3.05) is 7.11 Å².